The number of hydrogen-bond acceptors (Lipinski definition) is 5. The van der Waals surface area contributed by atoms with Crippen LogP contribution in [0.25, 0.3) is 11.1 Å². The quantitative estimate of drug-likeness (QED) is 0.654. The maximum absolute atomic E-state index is 12.4. The molecule has 0 aliphatic heterocycles. The summed E-state index contributed by atoms with van der Waals surface area (Å²) in [7, 11) is 3.17. The van der Waals surface area contributed by atoms with E-state index in [2.05, 4.69) is 0 Å². The van der Waals surface area contributed by atoms with E-state index in [1.54, 1.807) is 68.7 Å². The van der Waals surface area contributed by atoms with Crippen LogP contribution in [-0.2, 0) is 20.9 Å². The Hall–Kier alpha value is -3.35. The number of amides is 1. The van der Waals surface area contributed by atoms with E-state index >= 15 is 0 Å². The Kier molecular flexibility index (Phi) is 4.88. The minimum atomic E-state index is -1.08. The molecule has 7 nitrogen and oxygen atoms in total. The topological polar surface area (TPSA) is 81.8 Å². The van der Waals surface area contributed by atoms with E-state index in [1.807, 2.05) is 0 Å². The number of para-hydroxylation sites is 2. The third-order valence-corrected chi connectivity index (χ3v) is 3.88. The summed E-state index contributed by atoms with van der Waals surface area (Å²) in [4.78, 5) is 38.2. The van der Waals surface area contributed by atoms with Crippen LogP contribution in [0, 0.1) is 0 Å². The van der Waals surface area contributed by atoms with Crippen LogP contribution in [0.4, 0.5) is 0 Å². The van der Waals surface area contributed by atoms with Crippen molar-refractivity contribution in [2.75, 3.05) is 14.1 Å². The number of aromatic nitrogens is 1. The first kappa shape index (κ1) is 17.5. The second-order valence-corrected chi connectivity index (χ2v) is 5.94. The minimum Gasteiger partial charge on any atom is -0.446 e. The first-order chi connectivity index (χ1) is 12.5. The summed E-state index contributed by atoms with van der Waals surface area (Å²) in [6.07, 6.45) is -1.08. The number of oxazole rings is 1. The Bertz CT molecular complexity index is 988. The zero-order valence-electron chi connectivity index (χ0n) is 14.4. The number of esters is 1. The normalized spacial score (nSPS) is 11.9. The molecule has 1 amide bonds. The van der Waals surface area contributed by atoms with Crippen molar-refractivity contribution in [2.24, 2.45) is 0 Å². The van der Waals surface area contributed by atoms with Crippen molar-refractivity contribution in [2.45, 2.75) is 12.6 Å². The fourth-order valence-electron chi connectivity index (χ4n) is 2.58. The fourth-order valence-corrected chi connectivity index (χ4v) is 2.58. The summed E-state index contributed by atoms with van der Waals surface area (Å²) in [6.45, 7) is -0.347. The molecule has 2 aromatic carbocycles. The third-order valence-electron chi connectivity index (χ3n) is 3.88. The molecular weight excluding hydrogens is 336 g/mol. The molecule has 1 aromatic heterocycles. The van der Waals surface area contributed by atoms with Gasteiger partial charge in [-0.3, -0.25) is 14.2 Å². The molecule has 0 saturated carbocycles. The van der Waals surface area contributed by atoms with Gasteiger partial charge in [-0.15, -0.1) is 0 Å². The Labute approximate surface area is 149 Å². The minimum absolute atomic E-state index is 0.347. The number of rotatable bonds is 5. The highest BCUT2D eigenvalue weighted by molar-refractivity contribution is 5.85. The van der Waals surface area contributed by atoms with Gasteiger partial charge in [-0.25, -0.2) is 4.79 Å². The van der Waals surface area contributed by atoms with Crippen LogP contribution >= 0.6 is 0 Å². The molecule has 0 bridgehead atoms. The van der Waals surface area contributed by atoms with Crippen LogP contribution in [0.15, 0.2) is 63.8 Å². The van der Waals surface area contributed by atoms with Crippen molar-refractivity contribution in [3.63, 3.8) is 0 Å². The predicted octanol–water partition coefficient (Wildman–Crippen LogP) is 1.97. The molecule has 7 heteroatoms. The summed E-state index contributed by atoms with van der Waals surface area (Å²) in [5.41, 5.74) is 1.43. The highest BCUT2D eigenvalue weighted by Crippen LogP contribution is 2.20. The number of carbonyl (C=O) groups is 2. The Morgan fingerprint density at radius 1 is 1.08 bits per heavy atom. The maximum Gasteiger partial charge on any atom is 0.420 e. The number of hydrogen-bond donors (Lipinski definition) is 0. The van der Waals surface area contributed by atoms with Crippen LogP contribution in [0.3, 0.4) is 0 Å². The van der Waals surface area contributed by atoms with E-state index in [1.165, 1.54) is 9.47 Å². The van der Waals surface area contributed by atoms with E-state index in [4.69, 9.17) is 9.15 Å². The van der Waals surface area contributed by atoms with Gasteiger partial charge >= 0.3 is 11.7 Å². The van der Waals surface area contributed by atoms with Gasteiger partial charge in [-0.2, -0.15) is 0 Å². The third kappa shape index (κ3) is 3.51. The first-order valence-corrected chi connectivity index (χ1v) is 8.01. The number of ether oxygens (including phenoxy) is 1. The van der Waals surface area contributed by atoms with Gasteiger partial charge in [0.2, 0.25) is 6.10 Å². The molecule has 1 heterocycles. The van der Waals surface area contributed by atoms with Crippen LogP contribution in [0.5, 0.6) is 0 Å². The second kappa shape index (κ2) is 7.26. The monoisotopic (exact) mass is 354 g/mol. The van der Waals surface area contributed by atoms with Crippen molar-refractivity contribution in [3.05, 3.63) is 70.7 Å². The molecule has 0 N–H and O–H groups in total. The van der Waals surface area contributed by atoms with Crippen LogP contribution in [0.2, 0.25) is 0 Å². The highest BCUT2D eigenvalue weighted by atomic mass is 16.5. The van der Waals surface area contributed by atoms with E-state index < -0.39 is 17.8 Å². The first-order valence-electron chi connectivity index (χ1n) is 8.01. The molecule has 0 radical (unpaired) electrons. The molecule has 0 saturated heterocycles. The smallest absolute Gasteiger partial charge is 0.420 e. The fraction of sp³-hybridized carbons (Fsp3) is 0.211. The molecular formula is C19H18N2O5. The van der Waals surface area contributed by atoms with Gasteiger partial charge in [0.25, 0.3) is 5.91 Å². The summed E-state index contributed by atoms with van der Waals surface area (Å²) >= 11 is 0. The Balaban J connectivity index is 1.85. The number of carbonyl (C=O) groups excluding carboxylic acids is 2. The zero-order chi connectivity index (χ0) is 18.7. The number of fused-ring (bicyclic) bond motifs is 1. The predicted molar refractivity (Wildman–Crippen MR) is 94.4 cm³/mol. The SMILES string of the molecule is CN(C)C(=O)[C@H](OC(=O)Cn1c(=O)oc2ccccc21)c1ccccc1. The maximum atomic E-state index is 12.4. The molecule has 0 aliphatic rings. The molecule has 3 aromatic rings. The summed E-state index contributed by atoms with van der Waals surface area (Å²) in [6, 6.07) is 15.5. The lowest BCUT2D eigenvalue weighted by molar-refractivity contribution is -0.160. The molecule has 0 spiro atoms. The van der Waals surface area contributed by atoms with E-state index in [-0.39, 0.29) is 12.5 Å². The average molecular weight is 354 g/mol. The molecule has 26 heavy (non-hydrogen) atoms. The lowest BCUT2D eigenvalue weighted by atomic mass is 10.1. The summed E-state index contributed by atoms with van der Waals surface area (Å²) < 4.78 is 11.7. The van der Waals surface area contributed by atoms with Crippen molar-refractivity contribution in [1.29, 1.82) is 0 Å². The molecule has 0 fully saturated rings. The molecule has 0 unspecified atom stereocenters. The summed E-state index contributed by atoms with van der Waals surface area (Å²) in [5.74, 6) is -1.73. The highest BCUT2D eigenvalue weighted by Gasteiger charge is 2.27. The summed E-state index contributed by atoms with van der Waals surface area (Å²) in [5, 5.41) is 0. The lowest BCUT2D eigenvalue weighted by Crippen LogP contribution is -2.32. The number of likely N-dealkylation sites (N-methyl/N-ethyl adjacent to an activating group) is 1. The lowest BCUT2D eigenvalue weighted by Gasteiger charge is -2.21. The Morgan fingerprint density at radius 2 is 1.73 bits per heavy atom. The van der Waals surface area contributed by atoms with Gasteiger partial charge in [-0.1, -0.05) is 42.5 Å². The van der Waals surface area contributed by atoms with Crippen molar-refractivity contribution >= 4 is 23.0 Å². The molecule has 3 rings (SSSR count). The van der Waals surface area contributed by atoms with Crippen molar-refractivity contribution < 1.29 is 18.7 Å². The second-order valence-electron chi connectivity index (χ2n) is 5.94. The van der Waals surface area contributed by atoms with Gasteiger partial charge in [0, 0.05) is 19.7 Å². The Morgan fingerprint density at radius 3 is 2.42 bits per heavy atom. The van der Waals surface area contributed by atoms with Gasteiger partial charge in [-0.05, 0) is 12.1 Å². The number of nitrogens with zero attached hydrogens (tertiary/aromatic N) is 2. The molecule has 134 valence electrons. The van der Waals surface area contributed by atoms with Crippen molar-refractivity contribution in [3.8, 4) is 0 Å². The van der Waals surface area contributed by atoms with Gasteiger partial charge in [0.15, 0.2) is 5.58 Å². The average Bonchev–Trinajstić information content (AvgIpc) is 2.95. The van der Waals surface area contributed by atoms with Gasteiger partial charge in [0.05, 0.1) is 5.52 Å². The molecule has 1 atom stereocenters. The van der Waals surface area contributed by atoms with Gasteiger partial charge in [0.1, 0.15) is 6.54 Å². The van der Waals surface area contributed by atoms with Crippen LogP contribution < -0.4 is 5.76 Å². The number of benzene rings is 2. The van der Waals surface area contributed by atoms with E-state index in [0.29, 0.717) is 16.7 Å². The van der Waals surface area contributed by atoms with E-state index in [0.717, 1.165) is 0 Å². The van der Waals surface area contributed by atoms with Crippen LogP contribution in [0.1, 0.15) is 11.7 Å². The van der Waals surface area contributed by atoms with E-state index in [9.17, 15) is 14.4 Å². The standard InChI is InChI=1S/C19H18N2O5/c1-20(2)18(23)17(13-8-4-3-5-9-13)26-16(22)12-21-14-10-6-7-11-15(14)25-19(21)24/h3-11,17H,12H2,1-2H3/t17-/m1/s1. The van der Waals surface area contributed by atoms with Gasteiger partial charge < -0.3 is 14.1 Å². The van der Waals surface area contributed by atoms with Crippen LogP contribution in [-0.4, -0.2) is 35.4 Å². The molecule has 0 aliphatic carbocycles. The van der Waals surface area contributed by atoms with Crippen molar-refractivity contribution in [1.82, 2.24) is 9.47 Å². The largest absolute Gasteiger partial charge is 0.446 e. The zero-order valence-corrected chi connectivity index (χ0v) is 14.4.